The first-order valence-electron chi connectivity index (χ1n) is 9.14. The Morgan fingerprint density at radius 2 is 2.07 bits per heavy atom. The van der Waals surface area contributed by atoms with Crippen LogP contribution < -0.4 is 9.64 Å². The van der Waals surface area contributed by atoms with Gasteiger partial charge in [-0.05, 0) is 19.1 Å². The first-order chi connectivity index (χ1) is 13.0. The highest BCUT2D eigenvalue weighted by atomic mass is 16.5. The average molecular weight is 376 g/mol. The van der Waals surface area contributed by atoms with Crippen LogP contribution in [0.3, 0.4) is 0 Å². The van der Waals surface area contributed by atoms with Gasteiger partial charge in [0.05, 0.1) is 37.3 Å². The van der Waals surface area contributed by atoms with Crippen LogP contribution in [0.4, 0.5) is 5.69 Å². The lowest BCUT2D eigenvalue weighted by molar-refractivity contribution is -0.149. The lowest BCUT2D eigenvalue weighted by Crippen LogP contribution is -2.48. The van der Waals surface area contributed by atoms with E-state index in [1.54, 1.807) is 15.9 Å². The van der Waals surface area contributed by atoms with Crippen LogP contribution in [0.15, 0.2) is 24.3 Å². The van der Waals surface area contributed by atoms with Crippen molar-refractivity contribution < 1.29 is 29.0 Å². The first kappa shape index (κ1) is 19.2. The second-order valence-electron chi connectivity index (χ2n) is 6.68. The molecule has 1 aromatic rings. The first-order valence-corrected chi connectivity index (χ1v) is 9.14. The van der Waals surface area contributed by atoms with E-state index in [1.165, 1.54) is 0 Å². The number of nitrogens with zero attached hydrogens (tertiary/aromatic N) is 2. The molecular weight excluding hydrogens is 352 g/mol. The number of carbonyl (C=O) groups excluding carboxylic acids is 2. The van der Waals surface area contributed by atoms with Crippen molar-refractivity contribution in [1.29, 1.82) is 0 Å². The van der Waals surface area contributed by atoms with E-state index in [0.29, 0.717) is 37.7 Å². The highest BCUT2D eigenvalue weighted by Gasteiger charge is 2.39. The van der Waals surface area contributed by atoms with E-state index in [1.807, 2.05) is 25.1 Å². The number of rotatable bonds is 6. The molecule has 2 amide bonds. The lowest BCUT2D eigenvalue weighted by atomic mass is 10.1. The average Bonchev–Trinajstić information content (AvgIpc) is 3.03. The Morgan fingerprint density at radius 3 is 2.81 bits per heavy atom. The normalized spacial score (nSPS) is 22.8. The van der Waals surface area contributed by atoms with Gasteiger partial charge in [0.15, 0.2) is 0 Å². The van der Waals surface area contributed by atoms with Gasteiger partial charge in [0, 0.05) is 26.1 Å². The van der Waals surface area contributed by atoms with Gasteiger partial charge in [-0.25, -0.2) is 0 Å². The van der Waals surface area contributed by atoms with E-state index in [9.17, 15) is 14.4 Å². The predicted molar refractivity (Wildman–Crippen MR) is 96.6 cm³/mol. The zero-order chi connectivity index (χ0) is 19.4. The molecule has 8 nitrogen and oxygen atoms in total. The maximum absolute atomic E-state index is 12.9. The Balaban J connectivity index is 1.68. The van der Waals surface area contributed by atoms with Crippen molar-refractivity contribution in [1.82, 2.24) is 4.90 Å². The summed E-state index contributed by atoms with van der Waals surface area (Å²) in [5.74, 6) is -1.02. The molecule has 0 aromatic heterocycles. The molecule has 2 heterocycles. The molecule has 0 aliphatic carbocycles. The maximum atomic E-state index is 12.9. The molecule has 3 rings (SSSR count). The fourth-order valence-electron chi connectivity index (χ4n) is 3.56. The summed E-state index contributed by atoms with van der Waals surface area (Å²) < 4.78 is 11.0. The van der Waals surface area contributed by atoms with Crippen molar-refractivity contribution in [2.75, 3.05) is 37.7 Å². The summed E-state index contributed by atoms with van der Waals surface area (Å²) in [6, 6.07) is 7.29. The Hall–Kier alpha value is -2.61. The van der Waals surface area contributed by atoms with Crippen LogP contribution in [-0.4, -0.2) is 66.7 Å². The Morgan fingerprint density at radius 1 is 1.30 bits per heavy atom. The molecule has 8 heteroatoms. The predicted octanol–water partition coefficient (Wildman–Crippen LogP) is 1.14. The molecule has 0 saturated carbocycles. The number of hydrogen-bond donors (Lipinski definition) is 1. The van der Waals surface area contributed by atoms with Crippen LogP contribution in [-0.2, 0) is 19.1 Å². The van der Waals surface area contributed by atoms with Gasteiger partial charge in [-0.2, -0.15) is 0 Å². The largest absolute Gasteiger partial charge is 0.492 e. The number of amides is 2. The summed E-state index contributed by atoms with van der Waals surface area (Å²) in [5.41, 5.74) is 0.672. The summed E-state index contributed by atoms with van der Waals surface area (Å²) in [4.78, 5) is 39.5. The van der Waals surface area contributed by atoms with Gasteiger partial charge in [-0.1, -0.05) is 12.1 Å². The third-order valence-corrected chi connectivity index (χ3v) is 4.78. The molecule has 27 heavy (non-hydrogen) atoms. The SMILES string of the molecule is CCOc1ccccc1N1C[C@H](C(=O)N2CCO[C@H](CC(=O)O)C2)CC1=O. The monoisotopic (exact) mass is 376 g/mol. The number of aliphatic carboxylic acids is 1. The van der Waals surface area contributed by atoms with Gasteiger partial charge in [0.2, 0.25) is 11.8 Å². The number of hydrogen-bond acceptors (Lipinski definition) is 5. The van der Waals surface area contributed by atoms with Gasteiger partial charge in [0.1, 0.15) is 5.75 Å². The maximum Gasteiger partial charge on any atom is 0.306 e. The number of carbonyl (C=O) groups is 3. The van der Waals surface area contributed by atoms with Crippen molar-refractivity contribution >= 4 is 23.5 Å². The zero-order valence-corrected chi connectivity index (χ0v) is 15.3. The van der Waals surface area contributed by atoms with Gasteiger partial charge in [0.25, 0.3) is 0 Å². The number of morpholine rings is 1. The number of benzene rings is 1. The summed E-state index contributed by atoms with van der Waals surface area (Å²) in [7, 11) is 0. The molecule has 2 saturated heterocycles. The van der Waals surface area contributed by atoms with Crippen molar-refractivity contribution in [3.63, 3.8) is 0 Å². The number of ether oxygens (including phenoxy) is 2. The molecule has 1 aromatic carbocycles. The summed E-state index contributed by atoms with van der Waals surface area (Å²) >= 11 is 0. The van der Waals surface area contributed by atoms with Gasteiger partial charge >= 0.3 is 5.97 Å². The van der Waals surface area contributed by atoms with Crippen LogP contribution >= 0.6 is 0 Å². The Kier molecular flexibility index (Phi) is 5.95. The smallest absolute Gasteiger partial charge is 0.306 e. The van der Waals surface area contributed by atoms with Crippen LogP contribution in [0.1, 0.15) is 19.8 Å². The van der Waals surface area contributed by atoms with Gasteiger partial charge in [-0.15, -0.1) is 0 Å². The molecular formula is C19H24N2O6. The highest BCUT2D eigenvalue weighted by Crippen LogP contribution is 2.33. The fourth-order valence-corrected chi connectivity index (χ4v) is 3.56. The standard InChI is InChI=1S/C19H24N2O6/c1-2-26-16-6-4-3-5-15(16)21-11-13(9-17(21)22)19(25)20-7-8-27-14(12-20)10-18(23)24/h3-6,13-14H,2,7-12H2,1H3,(H,23,24)/t13-,14-/m1/s1. The van der Waals surface area contributed by atoms with Crippen LogP contribution in [0.25, 0.3) is 0 Å². The Labute approximate surface area is 157 Å². The minimum Gasteiger partial charge on any atom is -0.492 e. The van der Waals surface area contributed by atoms with E-state index in [4.69, 9.17) is 14.6 Å². The van der Waals surface area contributed by atoms with Crippen LogP contribution in [0, 0.1) is 5.92 Å². The van der Waals surface area contributed by atoms with Crippen molar-refractivity contribution in [2.45, 2.75) is 25.9 Å². The van der Waals surface area contributed by atoms with Crippen molar-refractivity contribution in [2.24, 2.45) is 5.92 Å². The van der Waals surface area contributed by atoms with E-state index < -0.39 is 18.0 Å². The molecule has 2 fully saturated rings. The number of carboxylic acid groups (broad SMARTS) is 1. The zero-order valence-electron chi connectivity index (χ0n) is 15.3. The third kappa shape index (κ3) is 4.39. The second-order valence-corrected chi connectivity index (χ2v) is 6.68. The summed E-state index contributed by atoms with van der Waals surface area (Å²) in [5, 5.41) is 8.92. The molecule has 1 N–H and O–H groups in total. The van der Waals surface area contributed by atoms with Gasteiger partial charge < -0.3 is 24.4 Å². The van der Waals surface area contributed by atoms with E-state index >= 15 is 0 Å². The molecule has 0 radical (unpaired) electrons. The van der Waals surface area contributed by atoms with Crippen molar-refractivity contribution in [3.8, 4) is 5.75 Å². The number of para-hydroxylation sites is 2. The molecule has 0 bridgehead atoms. The topological polar surface area (TPSA) is 96.4 Å². The summed E-state index contributed by atoms with van der Waals surface area (Å²) in [6.07, 6.45) is -0.506. The highest BCUT2D eigenvalue weighted by molar-refractivity contribution is 6.01. The molecule has 2 aliphatic heterocycles. The van der Waals surface area contributed by atoms with Crippen LogP contribution in [0.5, 0.6) is 5.75 Å². The molecule has 2 atom stereocenters. The second kappa shape index (κ2) is 8.39. The number of anilines is 1. The minimum atomic E-state index is -0.955. The quantitative estimate of drug-likeness (QED) is 0.800. The summed E-state index contributed by atoms with van der Waals surface area (Å²) in [6.45, 7) is 3.62. The Bertz CT molecular complexity index is 722. The minimum absolute atomic E-state index is 0.115. The third-order valence-electron chi connectivity index (χ3n) is 4.78. The molecule has 2 aliphatic rings. The van der Waals surface area contributed by atoms with E-state index in [-0.39, 0.29) is 31.2 Å². The van der Waals surface area contributed by atoms with Crippen LogP contribution in [0.2, 0.25) is 0 Å². The lowest BCUT2D eigenvalue weighted by Gasteiger charge is -2.33. The molecule has 146 valence electrons. The number of carboxylic acids is 1. The fraction of sp³-hybridized carbons (Fsp3) is 0.526. The molecule has 0 spiro atoms. The van der Waals surface area contributed by atoms with E-state index in [0.717, 1.165) is 0 Å². The van der Waals surface area contributed by atoms with E-state index in [2.05, 4.69) is 0 Å². The van der Waals surface area contributed by atoms with Crippen molar-refractivity contribution in [3.05, 3.63) is 24.3 Å². The molecule has 0 unspecified atom stereocenters. The van der Waals surface area contributed by atoms with Gasteiger partial charge in [-0.3, -0.25) is 14.4 Å².